The van der Waals surface area contributed by atoms with Gasteiger partial charge in [-0.1, -0.05) is 30.7 Å². The van der Waals surface area contributed by atoms with Crippen molar-refractivity contribution in [2.75, 3.05) is 13.7 Å². The summed E-state index contributed by atoms with van der Waals surface area (Å²) in [5.74, 6) is 0. The Bertz CT molecular complexity index is 423. The van der Waals surface area contributed by atoms with E-state index in [-0.39, 0.29) is 11.6 Å². The number of benzene rings is 1. The SMILES string of the molecule is CCCNC(CCC(C)(C)OC)c1cccc(Br)c1Cl. The summed E-state index contributed by atoms with van der Waals surface area (Å²) in [6, 6.07) is 6.37. The molecule has 0 bridgehead atoms. The highest BCUT2D eigenvalue weighted by molar-refractivity contribution is 9.10. The van der Waals surface area contributed by atoms with Crippen LogP contribution in [0.3, 0.4) is 0 Å². The molecule has 4 heteroatoms. The second-order valence-electron chi connectivity index (χ2n) is 5.65. The zero-order valence-corrected chi connectivity index (χ0v) is 15.1. The molecular formula is C16H25BrClNO. The molecule has 0 saturated heterocycles. The fourth-order valence-electron chi connectivity index (χ4n) is 2.07. The van der Waals surface area contributed by atoms with Gasteiger partial charge in [0.1, 0.15) is 0 Å². The van der Waals surface area contributed by atoms with Crippen LogP contribution in [0.2, 0.25) is 5.02 Å². The highest BCUT2D eigenvalue weighted by atomic mass is 79.9. The van der Waals surface area contributed by atoms with Crippen molar-refractivity contribution in [3.05, 3.63) is 33.3 Å². The molecule has 1 atom stereocenters. The molecule has 0 aliphatic heterocycles. The van der Waals surface area contributed by atoms with E-state index in [4.69, 9.17) is 16.3 Å². The van der Waals surface area contributed by atoms with Crippen LogP contribution in [0.1, 0.15) is 51.6 Å². The normalized spacial score (nSPS) is 13.5. The first-order valence-corrected chi connectivity index (χ1v) is 8.31. The van der Waals surface area contributed by atoms with Crippen LogP contribution in [-0.4, -0.2) is 19.3 Å². The van der Waals surface area contributed by atoms with Crippen molar-refractivity contribution in [1.82, 2.24) is 5.32 Å². The third-order valence-corrected chi connectivity index (χ3v) is 4.90. The Kier molecular flexibility index (Phi) is 7.52. The molecule has 0 spiro atoms. The zero-order chi connectivity index (χ0) is 15.2. The van der Waals surface area contributed by atoms with Gasteiger partial charge in [-0.2, -0.15) is 0 Å². The first-order chi connectivity index (χ1) is 9.41. The van der Waals surface area contributed by atoms with Gasteiger partial charge in [-0.05, 0) is 67.2 Å². The summed E-state index contributed by atoms with van der Waals surface area (Å²) >= 11 is 9.94. The summed E-state index contributed by atoms with van der Waals surface area (Å²) in [5.41, 5.74) is 1.05. The van der Waals surface area contributed by atoms with Crippen LogP contribution in [0.5, 0.6) is 0 Å². The van der Waals surface area contributed by atoms with Crippen LogP contribution in [0.4, 0.5) is 0 Å². The van der Waals surface area contributed by atoms with Gasteiger partial charge in [0.25, 0.3) is 0 Å². The number of methoxy groups -OCH3 is 1. The van der Waals surface area contributed by atoms with Gasteiger partial charge in [0, 0.05) is 17.6 Å². The molecule has 0 saturated carbocycles. The van der Waals surface area contributed by atoms with Gasteiger partial charge in [0.2, 0.25) is 0 Å². The number of hydrogen-bond donors (Lipinski definition) is 1. The molecule has 1 aromatic rings. The molecule has 0 heterocycles. The summed E-state index contributed by atoms with van der Waals surface area (Å²) < 4.78 is 6.46. The van der Waals surface area contributed by atoms with Gasteiger partial charge in [-0.3, -0.25) is 0 Å². The van der Waals surface area contributed by atoms with E-state index in [1.54, 1.807) is 7.11 Å². The Morgan fingerprint density at radius 1 is 1.40 bits per heavy atom. The molecule has 2 nitrogen and oxygen atoms in total. The summed E-state index contributed by atoms with van der Waals surface area (Å²) in [7, 11) is 1.76. The van der Waals surface area contributed by atoms with E-state index >= 15 is 0 Å². The standard InChI is InChI=1S/C16H25BrClNO/c1-5-11-19-14(9-10-16(2,3)20-4)12-7-6-8-13(17)15(12)18/h6-8,14,19H,5,9-11H2,1-4H3. The second-order valence-corrected chi connectivity index (χ2v) is 6.88. The van der Waals surface area contributed by atoms with Crippen molar-refractivity contribution in [3.8, 4) is 0 Å². The minimum atomic E-state index is -0.107. The first-order valence-electron chi connectivity index (χ1n) is 7.13. The molecule has 114 valence electrons. The number of rotatable bonds is 8. The number of hydrogen-bond acceptors (Lipinski definition) is 2. The van der Waals surface area contributed by atoms with Crippen LogP contribution in [0, 0.1) is 0 Å². The van der Waals surface area contributed by atoms with E-state index in [0.717, 1.165) is 40.9 Å². The van der Waals surface area contributed by atoms with E-state index in [2.05, 4.69) is 48.1 Å². The van der Waals surface area contributed by atoms with Crippen molar-refractivity contribution in [3.63, 3.8) is 0 Å². The quantitative estimate of drug-likeness (QED) is 0.673. The average Bonchev–Trinajstić information content (AvgIpc) is 2.43. The summed E-state index contributed by atoms with van der Waals surface area (Å²) in [6.45, 7) is 7.39. The lowest BCUT2D eigenvalue weighted by Crippen LogP contribution is -2.28. The highest BCUT2D eigenvalue weighted by Gasteiger charge is 2.21. The zero-order valence-electron chi connectivity index (χ0n) is 12.8. The maximum atomic E-state index is 6.43. The van der Waals surface area contributed by atoms with E-state index in [0.29, 0.717) is 0 Å². The molecule has 0 aromatic heterocycles. The summed E-state index contributed by atoms with van der Waals surface area (Å²) in [5, 5.41) is 4.39. The number of nitrogens with one attached hydrogen (secondary N) is 1. The molecule has 0 fully saturated rings. The Morgan fingerprint density at radius 3 is 2.70 bits per heavy atom. The van der Waals surface area contributed by atoms with E-state index in [9.17, 15) is 0 Å². The number of halogens is 2. The fourth-order valence-corrected chi connectivity index (χ4v) is 2.71. The van der Waals surface area contributed by atoms with Crippen LogP contribution >= 0.6 is 27.5 Å². The predicted molar refractivity (Wildman–Crippen MR) is 90.5 cm³/mol. The summed E-state index contributed by atoms with van der Waals surface area (Å²) in [4.78, 5) is 0. The van der Waals surface area contributed by atoms with Gasteiger partial charge in [-0.15, -0.1) is 0 Å². The molecule has 1 N–H and O–H groups in total. The fraction of sp³-hybridized carbons (Fsp3) is 0.625. The Labute approximate surface area is 136 Å². The molecule has 0 aliphatic carbocycles. The Morgan fingerprint density at radius 2 is 2.10 bits per heavy atom. The van der Waals surface area contributed by atoms with Gasteiger partial charge >= 0.3 is 0 Å². The average molecular weight is 363 g/mol. The van der Waals surface area contributed by atoms with E-state index < -0.39 is 0 Å². The molecule has 1 rings (SSSR count). The third-order valence-electron chi connectivity index (χ3n) is 3.59. The monoisotopic (exact) mass is 361 g/mol. The van der Waals surface area contributed by atoms with Gasteiger partial charge in [0.15, 0.2) is 0 Å². The first kappa shape index (κ1) is 18.0. The van der Waals surface area contributed by atoms with Crippen molar-refractivity contribution in [2.24, 2.45) is 0 Å². The van der Waals surface area contributed by atoms with Crippen molar-refractivity contribution in [2.45, 2.75) is 51.7 Å². The van der Waals surface area contributed by atoms with Gasteiger partial charge in [0.05, 0.1) is 10.6 Å². The lowest BCUT2D eigenvalue weighted by molar-refractivity contribution is 0.0117. The largest absolute Gasteiger partial charge is 0.379 e. The van der Waals surface area contributed by atoms with Crippen LogP contribution in [-0.2, 0) is 4.74 Å². The van der Waals surface area contributed by atoms with Gasteiger partial charge in [-0.25, -0.2) is 0 Å². The molecule has 1 aromatic carbocycles. The lowest BCUT2D eigenvalue weighted by Gasteiger charge is -2.27. The van der Waals surface area contributed by atoms with Crippen LogP contribution < -0.4 is 5.32 Å². The topological polar surface area (TPSA) is 21.3 Å². The van der Waals surface area contributed by atoms with Crippen LogP contribution in [0.25, 0.3) is 0 Å². The van der Waals surface area contributed by atoms with Crippen molar-refractivity contribution in [1.29, 1.82) is 0 Å². The molecular weight excluding hydrogens is 338 g/mol. The molecule has 20 heavy (non-hydrogen) atoms. The Hall–Kier alpha value is -0.0900. The molecule has 1 unspecified atom stereocenters. The van der Waals surface area contributed by atoms with Crippen LogP contribution in [0.15, 0.2) is 22.7 Å². The maximum Gasteiger partial charge on any atom is 0.0623 e. The Balaban J connectivity index is 2.86. The third kappa shape index (κ3) is 5.36. The highest BCUT2D eigenvalue weighted by Crippen LogP contribution is 2.33. The van der Waals surface area contributed by atoms with E-state index in [1.165, 1.54) is 0 Å². The molecule has 0 radical (unpaired) electrons. The number of ether oxygens (including phenoxy) is 1. The molecule has 0 aliphatic rings. The second kappa shape index (κ2) is 8.38. The maximum absolute atomic E-state index is 6.43. The van der Waals surface area contributed by atoms with Crippen molar-refractivity contribution >= 4 is 27.5 Å². The smallest absolute Gasteiger partial charge is 0.0623 e. The lowest BCUT2D eigenvalue weighted by atomic mass is 9.94. The minimum Gasteiger partial charge on any atom is -0.379 e. The van der Waals surface area contributed by atoms with E-state index in [1.807, 2.05) is 12.1 Å². The molecule has 0 amide bonds. The van der Waals surface area contributed by atoms with Crippen molar-refractivity contribution < 1.29 is 4.74 Å². The van der Waals surface area contributed by atoms with Gasteiger partial charge < -0.3 is 10.1 Å². The summed E-state index contributed by atoms with van der Waals surface area (Å²) in [6.07, 6.45) is 3.08. The predicted octanol–water partition coefficient (Wildman–Crippen LogP) is 5.35. The minimum absolute atomic E-state index is 0.107.